The summed E-state index contributed by atoms with van der Waals surface area (Å²) in [7, 11) is 0. The van der Waals surface area contributed by atoms with E-state index in [9.17, 15) is 4.79 Å². The van der Waals surface area contributed by atoms with Gasteiger partial charge in [-0.15, -0.1) is 0 Å². The predicted molar refractivity (Wildman–Crippen MR) is 104 cm³/mol. The Kier molecular flexibility index (Phi) is 4.60. The fourth-order valence-corrected chi connectivity index (χ4v) is 3.30. The standard InChI is InChI=1S/C21H20N4O/c26-16-18-5-1-2-6-19(18)17-8-9-21(23-15-17)25-13-11-24(12-14-25)20-7-3-4-10-22-20/h1-10,15-16H,11-14H2. The number of carbonyl (C=O) groups is 1. The van der Waals surface area contributed by atoms with Gasteiger partial charge in [-0.3, -0.25) is 4.79 Å². The molecule has 0 unspecified atom stereocenters. The largest absolute Gasteiger partial charge is 0.353 e. The van der Waals surface area contributed by atoms with Crippen molar-refractivity contribution < 1.29 is 4.79 Å². The summed E-state index contributed by atoms with van der Waals surface area (Å²) < 4.78 is 0. The molecule has 0 radical (unpaired) electrons. The Bertz CT molecular complexity index is 872. The topological polar surface area (TPSA) is 49.3 Å². The lowest BCUT2D eigenvalue weighted by atomic mass is 10.0. The molecule has 0 saturated carbocycles. The van der Waals surface area contributed by atoms with Gasteiger partial charge in [0.25, 0.3) is 0 Å². The van der Waals surface area contributed by atoms with Crippen molar-refractivity contribution in [2.24, 2.45) is 0 Å². The molecule has 5 heteroatoms. The first-order valence-electron chi connectivity index (χ1n) is 8.77. The van der Waals surface area contributed by atoms with Crippen molar-refractivity contribution in [3.63, 3.8) is 0 Å². The van der Waals surface area contributed by atoms with Crippen molar-refractivity contribution in [3.8, 4) is 11.1 Å². The fraction of sp³-hybridized carbons (Fsp3) is 0.190. The molecule has 1 aliphatic heterocycles. The third-order valence-electron chi connectivity index (χ3n) is 4.72. The number of rotatable bonds is 4. The number of anilines is 2. The number of hydrogen-bond donors (Lipinski definition) is 0. The van der Waals surface area contributed by atoms with Crippen LogP contribution in [-0.2, 0) is 0 Å². The van der Waals surface area contributed by atoms with Crippen LogP contribution in [0.25, 0.3) is 11.1 Å². The fourth-order valence-electron chi connectivity index (χ4n) is 3.30. The molecule has 0 spiro atoms. The predicted octanol–water partition coefficient (Wildman–Crippen LogP) is 3.28. The lowest BCUT2D eigenvalue weighted by Gasteiger charge is -2.36. The average Bonchev–Trinajstić information content (AvgIpc) is 2.74. The number of benzene rings is 1. The quantitative estimate of drug-likeness (QED) is 0.680. The molecule has 0 atom stereocenters. The van der Waals surface area contributed by atoms with Crippen LogP contribution in [0.3, 0.4) is 0 Å². The van der Waals surface area contributed by atoms with E-state index in [2.05, 4.69) is 19.8 Å². The zero-order valence-corrected chi connectivity index (χ0v) is 14.5. The van der Waals surface area contributed by atoms with Crippen LogP contribution < -0.4 is 9.80 Å². The van der Waals surface area contributed by atoms with Crippen LogP contribution in [0.2, 0.25) is 0 Å². The first-order chi connectivity index (χ1) is 12.8. The van der Waals surface area contributed by atoms with E-state index in [1.54, 1.807) is 0 Å². The Morgan fingerprint density at radius 2 is 1.46 bits per heavy atom. The average molecular weight is 344 g/mol. The monoisotopic (exact) mass is 344 g/mol. The normalized spacial score (nSPS) is 14.3. The molecular formula is C21H20N4O. The minimum absolute atomic E-state index is 0.686. The molecule has 0 amide bonds. The van der Waals surface area contributed by atoms with Crippen LogP contribution >= 0.6 is 0 Å². The van der Waals surface area contributed by atoms with Gasteiger partial charge in [-0.05, 0) is 29.8 Å². The maximum Gasteiger partial charge on any atom is 0.150 e. The van der Waals surface area contributed by atoms with E-state index in [0.29, 0.717) is 5.56 Å². The van der Waals surface area contributed by atoms with E-state index in [1.807, 2.05) is 67.0 Å². The third-order valence-corrected chi connectivity index (χ3v) is 4.72. The Labute approximate surface area is 152 Å². The minimum atomic E-state index is 0.686. The van der Waals surface area contributed by atoms with Gasteiger partial charge < -0.3 is 9.80 Å². The van der Waals surface area contributed by atoms with E-state index in [0.717, 1.165) is 55.2 Å². The van der Waals surface area contributed by atoms with Gasteiger partial charge >= 0.3 is 0 Å². The van der Waals surface area contributed by atoms with Crippen LogP contribution in [0.1, 0.15) is 10.4 Å². The molecular weight excluding hydrogens is 324 g/mol. The summed E-state index contributed by atoms with van der Waals surface area (Å²) in [5.41, 5.74) is 2.57. The molecule has 1 aliphatic rings. The zero-order valence-electron chi connectivity index (χ0n) is 14.5. The van der Waals surface area contributed by atoms with Gasteiger partial charge in [0.2, 0.25) is 0 Å². The van der Waals surface area contributed by atoms with Crippen molar-refractivity contribution in [1.82, 2.24) is 9.97 Å². The van der Waals surface area contributed by atoms with E-state index in [1.165, 1.54) is 0 Å². The molecule has 1 saturated heterocycles. The van der Waals surface area contributed by atoms with Crippen molar-refractivity contribution >= 4 is 17.9 Å². The second kappa shape index (κ2) is 7.35. The van der Waals surface area contributed by atoms with E-state index in [4.69, 9.17) is 0 Å². The minimum Gasteiger partial charge on any atom is -0.353 e. The highest BCUT2D eigenvalue weighted by molar-refractivity contribution is 5.87. The zero-order chi connectivity index (χ0) is 17.8. The Morgan fingerprint density at radius 1 is 0.769 bits per heavy atom. The van der Waals surface area contributed by atoms with E-state index >= 15 is 0 Å². The molecule has 1 aromatic carbocycles. The second-order valence-corrected chi connectivity index (χ2v) is 6.27. The summed E-state index contributed by atoms with van der Waals surface area (Å²) >= 11 is 0. The Hall–Kier alpha value is -3.21. The van der Waals surface area contributed by atoms with Crippen LogP contribution in [0.5, 0.6) is 0 Å². The highest BCUT2D eigenvalue weighted by Crippen LogP contribution is 2.24. The number of hydrogen-bond acceptors (Lipinski definition) is 5. The summed E-state index contributed by atoms with van der Waals surface area (Å²) in [6, 6.07) is 17.7. The number of nitrogens with zero attached hydrogens (tertiary/aromatic N) is 4. The lowest BCUT2D eigenvalue weighted by Crippen LogP contribution is -2.47. The van der Waals surface area contributed by atoms with Crippen LogP contribution in [0, 0.1) is 0 Å². The number of piperazine rings is 1. The van der Waals surface area contributed by atoms with Gasteiger partial charge in [0, 0.05) is 49.7 Å². The number of aromatic nitrogens is 2. The molecule has 3 aromatic rings. The van der Waals surface area contributed by atoms with Gasteiger partial charge in [0.05, 0.1) is 0 Å². The maximum atomic E-state index is 11.2. The summed E-state index contributed by atoms with van der Waals surface area (Å²) in [5, 5.41) is 0. The van der Waals surface area contributed by atoms with Crippen molar-refractivity contribution in [2.75, 3.05) is 36.0 Å². The van der Waals surface area contributed by atoms with E-state index < -0.39 is 0 Å². The van der Waals surface area contributed by atoms with Crippen molar-refractivity contribution in [3.05, 3.63) is 72.6 Å². The highest BCUT2D eigenvalue weighted by Gasteiger charge is 2.19. The lowest BCUT2D eigenvalue weighted by molar-refractivity contribution is 0.112. The van der Waals surface area contributed by atoms with Gasteiger partial charge in [-0.1, -0.05) is 30.3 Å². The molecule has 2 aromatic heterocycles. The first-order valence-corrected chi connectivity index (χ1v) is 8.77. The summed E-state index contributed by atoms with van der Waals surface area (Å²) in [4.78, 5) is 24.9. The molecule has 0 N–H and O–H groups in total. The Balaban J connectivity index is 1.46. The van der Waals surface area contributed by atoms with Crippen LogP contribution in [0.4, 0.5) is 11.6 Å². The van der Waals surface area contributed by atoms with Gasteiger partial charge in [-0.2, -0.15) is 0 Å². The molecule has 130 valence electrons. The molecule has 26 heavy (non-hydrogen) atoms. The number of pyridine rings is 2. The molecule has 0 aliphatic carbocycles. The smallest absolute Gasteiger partial charge is 0.150 e. The van der Waals surface area contributed by atoms with Gasteiger partial charge in [0.15, 0.2) is 6.29 Å². The van der Waals surface area contributed by atoms with Crippen molar-refractivity contribution in [1.29, 1.82) is 0 Å². The van der Waals surface area contributed by atoms with Crippen LogP contribution in [0.15, 0.2) is 67.0 Å². The molecule has 5 nitrogen and oxygen atoms in total. The van der Waals surface area contributed by atoms with E-state index in [-0.39, 0.29) is 0 Å². The molecule has 3 heterocycles. The second-order valence-electron chi connectivity index (χ2n) is 6.27. The van der Waals surface area contributed by atoms with Crippen molar-refractivity contribution in [2.45, 2.75) is 0 Å². The molecule has 4 rings (SSSR count). The number of carbonyl (C=O) groups excluding carboxylic acids is 1. The van der Waals surface area contributed by atoms with Crippen LogP contribution in [-0.4, -0.2) is 42.4 Å². The van der Waals surface area contributed by atoms with Gasteiger partial charge in [0.1, 0.15) is 11.6 Å². The first kappa shape index (κ1) is 16.3. The highest BCUT2D eigenvalue weighted by atomic mass is 16.1. The van der Waals surface area contributed by atoms with Gasteiger partial charge in [-0.25, -0.2) is 9.97 Å². The summed E-state index contributed by atoms with van der Waals surface area (Å²) in [6.07, 6.45) is 4.57. The molecule has 1 fully saturated rings. The maximum absolute atomic E-state index is 11.2. The third kappa shape index (κ3) is 3.28. The SMILES string of the molecule is O=Cc1ccccc1-c1ccc(N2CCN(c3ccccn3)CC2)nc1. The molecule has 0 bridgehead atoms. The Morgan fingerprint density at radius 3 is 2.08 bits per heavy atom. The summed E-state index contributed by atoms with van der Waals surface area (Å²) in [6.45, 7) is 3.67. The summed E-state index contributed by atoms with van der Waals surface area (Å²) in [5.74, 6) is 2.00. The number of aldehydes is 1.